The Morgan fingerprint density at radius 3 is 2.27 bits per heavy atom. The zero-order valence-corrected chi connectivity index (χ0v) is 13.7. The number of rotatable bonds is 3. The first kappa shape index (κ1) is 16.5. The van der Waals surface area contributed by atoms with Gasteiger partial charge in [-0.2, -0.15) is 0 Å². The lowest BCUT2D eigenvalue weighted by molar-refractivity contribution is 0.0868. The van der Waals surface area contributed by atoms with Crippen molar-refractivity contribution in [1.82, 2.24) is 9.80 Å². The van der Waals surface area contributed by atoms with E-state index in [1.54, 1.807) is 28.5 Å². The lowest BCUT2D eigenvalue weighted by atomic mass is 10.3. The Kier molecular flexibility index (Phi) is 5.94. The summed E-state index contributed by atoms with van der Waals surface area (Å²) in [7, 11) is 0. The second-order valence-corrected chi connectivity index (χ2v) is 5.71. The van der Waals surface area contributed by atoms with Crippen LogP contribution in [0.2, 0.25) is 0 Å². The van der Waals surface area contributed by atoms with E-state index in [1.165, 1.54) is 0 Å². The van der Waals surface area contributed by atoms with Crippen LogP contribution >= 0.6 is 11.8 Å². The molecule has 120 valence electrons. The molecule has 1 aliphatic rings. The Balaban J connectivity index is 1.83. The smallest absolute Gasteiger partial charge is 0.409 e. The average molecular weight is 323 g/mol. The molecule has 0 saturated carbocycles. The zero-order chi connectivity index (χ0) is 15.9. The van der Waals surface area contributed by atoms with E-state index < -0.39 is 0 Å². The lowest BCUT2D eigenvalue weighted by Gasteiger charge is -2.34. The molecule has 1 aromatic rings. The number of carbonyl (C=O) groups excluding carboxylic acids is 2. The van der Waals surface area contributed by atoms with Crippen LogP contribution in [-0.4, -0.2) is 61.0 Å². The van der Waals surface area contributed by atoms with Crippen LogP contribution < -0.4 is 5.32 Å². The standard InChI is InChI=1S/C15H21N3O3S/c1-3-21-15(20)18-10-8-17(9-11-18)14(19)16-12-4-6-13(22-2)7-5-12/h4-7H,3,8-11H2,1-2H3,(H,16,19). The molecule has 0 unspecified atom stereocenters. The number of hydrogen-bond acceptors (Lipinski definition) is 4. The van der Waals surface area contributed by atoms with Gasteiger partial charge >= 0.3 is 12.1 Å². The summed E-state index contributed by atoms with van der Waals surface area (Å²) in [6.07, 6.45) is 1.70. The van der Waals surface area contributed by atoms with Crippen LogP contribution in [0.4, 0.5) is 15.3 Å². The van der Waals surface area contributed by atoms with Gasteiger partial charge in [0.1, 0.15) is 0 Å². The molecule has 0 spiro atoms. The topological polar surface area (TPSA) is 61.9 Å². The summed E-state index contributed by atoms with van der Waals surface area (Å²) >= 11 is 1.66. The number of hydrogen-bond donors (Lipinski definition) is 1. The van der Waals surface area contributed by atoms with Gasteiger partial charge < -0.3 is 19.9 Å². The molecule has 0 atom stereocenters. The maximum Gasteiger partial charge on any atom is 0.409 e. The van der Waals surface area contributed by atoms with Crippen molar-refractivity contribution in [2.45, 2.75) is 11.8 Å². The molecular formula is C15H21N3O3S. The third-order valence-electron chi connectivity index (χ3n) is 3.43. The first-order valence-corrected chi connectivity index (χ1v) is 8.48. The van der Waals surface area contributed by atoms with Crippen molar-refractivity contribution in [2.24, 2.45) is 0 Å². The fraction of sp³-hybridized carbons (Fsp3) is 0.467. The van der Waals surface area contributed by atoms with Gasteiger partial charge in [-0.3, -0.25) is 0 Å². The number of thioether (sulfide) groups is 1. The number of piperazine rings is 1. The quantitative estimate of drug-likeness (QED) is 0.869. The van der Waals surface area contributed by atoms with Crippen LogP contribution in [-0.2, 0) is 4.74 Å². The molecule has 2 rings (SSSR count). The van der Waals surface area contributed by atoms with Crippen molar-refractivity contribution in [2.75, 3.05) is 44.4 Å². The highest BCUT2D eigenvalue weighted by atomic mass is 32.2. The van der Waals surface area contributed by atoms with E-state index in [9.17, 15) is 9.59 Å². The SMILES string of the molecule is CCOC(=O)N1CCN(C(=O)Nc2ccc(SC)cc2)CC1. The number of ether oxygens (including phenoxy) is 1. The molecule has 0 radical (unpaired) electrons. The molecule has 1 saturated heterocycles. The molecule has 22 heavy (non-hydrogen) atoms. The van der Waals surface area contributed by atoms with Gasteiger partial charge in [-0.1, -0.05) is 0 Å². The van der Waals surface area contributed by atoms with Gasteiger partial charge in [0.05, 0.1) is 6.61 Å². The Labute approximate surface area is 134 Å². The molecule has 0 aromatic heterocycles. The van der Waals surface area contributed by atoms with Crippen molar-refractivity contribution in [3.05, 3.63) is 24.3 Å². The van der Waals surface area contributed by atoms with E-state index in [0.29, 0.717) is 32.8 Å². The molecule has 1 N–H and O–H groups in total. The second kappa shape index (κ2) is 7.93. The number of nitrogens with zero attached hydrogens (tertiary/aromatic N) is 2. The maximum absolute atomic E-state index is 12.2. The van der Waals surface area contributed by atoms with Crippen LogP contribution in [0.25, 0.3) is 0 Å². The number of urea groups is 1. The van der Waals surface area contributed by atoms with Crippen LogP contribution in [0, 0.1) is 0 Å². The van der Waals surface area contributed by atoms with Crippen molar-refractivity contribution in [3.8, 4) is 0 Å². The molecule has 7 heteroatoms. The molecular weight excluding hydrogens is 302 g/mol. The highest BCUT2D eigenvalue weighted by Gasteiger charge is 2.24. The van der Waals surface area contributed by atoms with Gasteiger partial charge in [-0.05, 0) is 37.4 Å². The molecule has 3 amide bonds. The zero-order valence-electron chi connectivity index (χ0n) is 12.9. The highest BCUT2D eigenvalue weighted by molar-refractivity contribution is 7.98. The monoisotopic (exact) mass is 323 g/mol. The Hall–Kier alpha value is -1.89. The van der Waals surface area contributed by atoms with Crippen molar-refractivity contribution < 1.29 is 14.3 Å². The van der Waals surface area contributed by atoms with Crippen LogP contribution in [0.15, 0.2) is 29.2 Å². The van der Waals surface area contributed by atoms with Gasteiger partial charge in [-0.25, -0.2) is 9.59 Å². The van der Waals surface area contributed by atoms with Crippen LogP contribution in [0.3, 0.4) is 0 Å². The third kappa shape index (κ3) is 4.30. The number of amides is 3. The van der Waals surface area contributed by atoms with Gasteiger partial charge in [0.25, 0.3) is 0 Å². The summed E-state index contributed by atoms with van der Waals surface area (Å²) < 4.78 is 4.96. The predicted molar refractivity (Wildman–Crippen MR) is 87.4 cm³/mol. The Bertz CT molecular complexity index is 513. The van der Waals surface area contributed by atoms with E-state index in [1.807, 2.05) is 30.5 Å². The number of carbonyl (C=O) groups is 2. The molecule has 1 aliphatic heterocycles. The van der Waals surface area contributed by atoms with E-state index in [0.717, 1.165) is 10.6 Å². The first-order valence-electron chi connectivity index (χ1n) is 7.25. The summed E-state index contributed by atoms with van der Waals surface area (Å²) in [5.41, 5.74) is 0.774. The normalized spacial score (nSPS) is 14.6. The largest absolute Gasteiger partial charge is 0.450 e. The first-order chi connectivity index (χ1) is 10.6. The molecule has 1 fully saturated rings. The average Bonchev–Trinajstić information content (AvgIpc) is 2.56. The Morgan fingerprint density at radius 2 is 1.73 bits per heavy atom. The van der Waals surface area contributed by atoms with E-state index >= 15 is 0 Å². The lowest BCUT2D eigenvalue weighted by Crippen LogP contribution is -2.51. The molecule has 0 bridgehead atoms. The molecule has 6 nitrogen and oxygen atoms in total. The van der Waals surface area contributed by atoms with Gasteiger partial charge in [0.2, 0.25) is 0 Å². The van der Waals surface area contributed by atoms with Gasteiger partial charge in [0.15, 0.2) is 0 Å². The minimum atomic E-state index is -0.310. The summed E-state index contributed by atoms with van der Waals surface area (Å²) in [5.74, 6) is 0. The van der Waals surface area contributed by atoms with Crippen LogP contribution in [0.1, 0.15) is 6.92 Å². The van der Waals surface area contributed by atoms with Crippen molar-refractivity contribution in [3.63, 3.8) is 0 Å². The minimum absolute atomic E-state index is 0.139. The van der Waals surface area contributed by atoms with E-state index in [4.69, 9.17) is 4.74 Å². The number of benzene rings is 1. The van der Waals surface area contributed by atoms with Crippen molar-refractivity contribution >= 4 is 29.6 Å². The van der Waals surface area contributed by atoms with Gasteiger partial charge in [0, 0.05) is 36.8 Å². The third-order valence-corrected chi connectivity index (χ3v) is 4.18. The summed E-state index contributed by atoms with van der Waals surface area (Å²) in [6.45, 7) is 4.16. The predicted octanol–water partition coefficient (Wildman–Crippen LogP) is 2.71. The van der Waals surface area contributed by atoms with E-state index in [2.05, 4.69) is 5.32 Å². The summed E-state index contributed by atoms with van der Waals surface area (Å²) in [6, 6.07) is 7.58. The highest BCUT2D eigenvalue weighted by Crippen LogP contribution is 2.18. The summed E-state index contributed by atoms with van der Waals surface area (Å²) in [5, 5.41) is 2.88. The molecule has 1 heterocycles. The Morgan fingerprint density at radius 1 is 1.14 bits per heavy atom. The maximum atomic E-state index is 12.2. The fourth-order valence-corrected chi connectivity index (χ4v) is 2.59. The number of nitrogens with one attached hydrogen (secondary N) is 1. The number of anilines is 1. The summed E-state index contributed by atoms with van der Waals surface area (Å²) in [4.78, 5) is 28.3. The fourth-order valence-electron chi connectivity index (χ4n) is 2.18. The van der Waals surface area contributed by atoms with Crippen LogP contribution in [0.5, 0.6) is 0 Å². The van der Waals surface area contributed by atoms with Gasteiger partial charge in [-0.15, -0.1) is 11.8 Å². The molecule has 0 aliphatic carbocycles. The minimum Gasteiger partial charge on any atom is -0.450 e. The molecule has 1 aromatic carbocycles. The van der Waals surface area contributed by atoms with E-state index in [-0.39, 0.29) is 12.1 Å². The van der Waals surface area contributed by atoms with Crippen molar-refractivity contribution in [1.29, 1.82) is 0 Å². The second-order valence-electron chi connectivity index (χ2n) is 4.83.